The summed E-state index contributed by atoms with van der Waals surface area (Å²) < 4.78 is 46.8. The van der Waals surface area contributed by atoms with E-state index in [-0.39, 0.29) is 18.5 Å². The Morgan fingerprint density at radius 1 is 1.21 bits per heavy atom. The Morgan fingerprint density at radius 3 is 2.71 bits per heavy atom. The van der Waals surface area contributed by atoms with E-state index in [2.05, 4.69) is 33.2 Å². The van der Waals surface area contributed by atoms with Crippen LogP contribution < -0.4 is 4.74 Å². The number of nitrogens with zero attached hydrogens (tertiary/aromatic N) is 5. The second-order valence-corrected chi connectivity index (χ2v) is 9.26. The van der Waals surface area contributed by atoms with Gasteiger partial charge in [0.2, 0.25) is 5.82 Å². The van der Waals surface area contributed by atoms with Crippen molar-refractivity contribution in [3.63, 3.8) is 0 Å². The molecule has 4 aromatic rings. The smallest absolute Gasteiger partial charge is 0.424 e. The predicted molar refractivity (Wildman–Crippen MR) is 119 cm³/mol. The molecule has 4 heterocycles. The first-order valence-electron chi connectivity index (χ1n) is 10.9. The number of fused-ring (bicyclic) bond motifs is 2. The van der Waals surface area contributed by atoms with Crippen LogP contribution in [0.4, 0.5) is 13.2 Å². The molecule has 11 heteroatoms. The molecule has 1 atom stereocenters. The van der Waals surface area contributed by atoms with Crippen LogP contribution in [-0.2, 0) is 25.6 Å². The fraction of sp³-hybridized carbons (Fsp3) is 0.348. The van der Waals surface area contributed by atoms with Crippen LogP contribution in [0.5, 0.6) is 11.8 Å². The topological polar surface area (TPSA) is 82.8 Å². The zero-order chi connectivity index (χ0) is 23.9. The van der Waals surface area contributed by atoms with Crippen molar-refractivity contribution in [3.05, 3.63) is 58.1 Å². The molecular formula is C23H20F3N5O2S. The van der Waals surface area contributed by atoms with Crippen LogP contribution in [0.15, 0.2) is 30.3 Å². The molecule has 7 nitrogen and oxygen atoms in total. The summed E-state index contributed by atoms with van der Waals surface area (Å²) in [4.78, 5) is 22.1. The minimum absolute atomic E-state index is 0.146. The molecular weight excluding hydrogens is 467 g/mol. The predicted octanol–water partition coefficient (Wildman–Crippen LogP) is 5.59. The quantitative estimate of drug-likeness (QED) is 0.330. The molecule has 1 aromatic carbocycles. The van der Waals surface area contributed by atoms with E-state index in [9.17, 15) is 18.0 Å². The third kappa shape index (κ3) is 4.27. The van der Waals surface area contributed by atoms with Gasteiger partial charge >= 0.3 is 12.2 Å². The van der Waals surface area contributed by atoms with Crippen LogP contribution in [0.2, 0.25) is 0 Å². The van der Waals surface area contributed by atoms with Gasteiger partial charge in [0.05, 0.1) is 5.69 Å². The van der Waals surface area contributed by atoms with Gasteiger partial charge in [-0.2, -0.15) is 23.1 Å². The lowest BCUT2D eigenvalue weighted by Crippen LogP contribution is -2.23. The summed E-state index contributed by atoms with van der Waals surface area (Å²) in [6.07, 6.45) is -1.15. The van der Waals surface area contributed by atoms with Crippen LogP contribution in [0.25, 0.3) is 10.2 Å². The highest BCUT2D eigenvalue weighted by Gasteiger charge is 2.40. The van der Waals surface area contributed by atoms with Crippen molar-refractivity contribution in [2.24, 2.45) is 0 Å². The Bertz CT molecular complexity index is 1350. The molecule has 0 saturated heterocycles. The molecule has 1 aliphatic rings. The monoisotopic (exact) mass is 487 g/mol. The van der Waals surface area contributed by atoms with E-state index in [1.807, 2.05) is 0 Å². The number of alkyl halides is 3. The maximum atomic E-state index is 13.2. The van der Waals surface area contributed by atoms with Gasteiger partial charge in [-0.15, -0.1) is 21.5 Å². The van der Waals surface area contributed by atoms with Crippen molar-refractivity contribution in [1.29, 1.82) is 0 Å². The van der Waals surface area contributed by atoms with Crippen LogP contribution in [0, 0.1) is 0 Å². The lowest BCUT2D eigenvalue weighted by atomic mass is 9.92. The van der Waals surface area contributed by atoms with Gasteiger partial charge in [0, 0.05) is 34.7 Å². The highest BCUT2D eigenvalue weighted by molar-refractivity contribution is 7.18. The van der Waals surface area contributed by atoms with E-state index in [0.29, 0.717) is 30.0 Å². The molecule has 0 amide bonds. The number of aromatic nitrogens is 5. The molecule has 5 rings (SSSR count). The van der Waals surface area contributed by atoms with Gasteiger partial charge in [-0.05, 0) is 43.2 Å². The van der Waals surface area contributed by atoms with E-state index >= 15 is 0 Å². The molecule has 0 aliphatic carbocycles. The maximum absolute atomic E-state index is 13.2. The number of thiophene rings is 1. The minimum Gasteiger partial charge on any atom is -0.424 e. The fourth-order valence-electron chi connectivity index (χ4n) is 4.19. The van der Waals surface area contributed by atoms with Crippen molar-refractivity contribution < 1.29 is 22.7 Å². The Balaban J connectivity index is 1.52. The number of hydrogen-bond acceptors (Lipinski definition) is 7. The average molecular weight is 488 g/mol. The fourth-order valence-corrected chi connectivity index (χ4v) is 5.32. The molecule has 34 heavy (non-hydrogen) atoms. The summed E-state index contributed by atoms with van der Waals surface area (Å²) in [5, 5.41) is 8.09. The molecule has 1 aliphatic heterocycles. The van der Waals surface area contributed by atoms with Crippen molar-refractivity contribution in [1.82, 2.24) is 24.7 Å². The first-order chi connectivity index (χ1) is 16.4. The number of halogens is 3. The van der Waals surface area contributed by atoms with E-state index in [4.69, 9.17) is 4.74 Å². The molecule has 0 N–H and O–H groups in total. The van der Waals surface area contributed by atoms with Gasteiger partial charge < -0.3 is 9.30 Å². The zero-order valence-electron chi connectivity index (χ0n) is 18.2. The van der Waals surface area contributed by atoms with Gasteiger partial charge in [-0.1, -0.05) is 13.3 Å². The first kappa shape index (κ1) is 22.5. The minimum atomic E-state index is -4.54. The van der Waals surface area contributed by atoms with Crippen molar-refractivity contribution in [2.45, 2.75) is 51.2 Å². The molecule has 0 saturated carbocycles. The summed E-state index contributed by atoms with van der Waals surface area (Å²) >= 11 is 1.56. The second-order valence-electron chi connectivity index (χ2n) is 8.14. The number of hydrogen-bond donors (Lipinski definition) is 0. The normalized spacial score (nSPS) is 15.9. The Morgan fingerprint density at radius 2 is 2.00 bits per heavy atom. The molecule has 0 bridgehead atoms. The molecule has 3 aromatic heterocycles. The van der Waals surface area contributed by atoms with Crippen molar-refractivity contribution >= 4 is 27.8 Å². The molecule has 0 fully saturated rings. The number of benzene rings is 1. The summed E-state index contributed by atoms with van der Waals surface area (Å²) in [6.45, 7) is 2.25. The van der Waals surface area contributed by atoms with E-state index in [1.165, 1.54) is 4.88 Å². The number of rotatable bonds is 6. The lowest BCUT2D eigenvalue weighted by molar-refractivity contribution is -0.147. The summed E-state index contributed by atoms with van der Waals surface area (Å²) in [5.74, 6) is -0.324. The SMILES string of the molecule is CCCc1cc2c(C3CCn4c(nnc4C(F)(F)F)C3)nc(Oc3ccc(C=O)cc3)nc2s1. The number of ether oxygens (including phenoxy) is 1. The molecule has 0 radical (unpaired) electrons. The van der Waals surface area contributed by atoms with Crippen LogP contribution in [0.3, 0.4) is 0 Å². The number of aryl methyl sites for hydroxylation is 1. The summed E-state index contributed by atoms with van der Waals surface area (Å²) in [7, 11) is 0. The molecule has 176 valence electrons. The van der Waals surface area contributed by atoms with Crippen LogP contribution in [0.1, 0.15) is 58.3 Å². The first-order valence-corrected chi connectivity index (χ1v) is 11.7. The Labute approximate surface area is 196 Å². The van der Waals surface area contributed by atoms with Gasteiger partial charge in [0.15, 0.2) is 0 Å². The van der Waals surface area contributed by atoms with Crippen LogP contribution in [-0.4, -0.2) is 31.0 Å². The van der Waals surface area contributed by atoms with E-state index in [1.54, 1.807) is 35.6 Å². The van der Waals surface area contributed by atoms with Crippen molar-refractivity contribution in [2.75, 3.05) is 0 Å². The molecule has 0 spiro atoms. The average Bonchev–Trinajstić information content (AvgIpc) is 3.42. The summed E-state index contributed by atoms with van der Waals surface area (Å²) in [5.41, 5.74) is 1.27. The molecule has 1 unspecified atom stereocenters. The third-order valence-electron chi connectivity index (χ3n) is 5.77. The Kier molecular flexibility index (Phi) is 5.80. The van der Waals surface area contributed by atoms with Crippen LogP contribution >= 0.6 is 11.3 Å². The second kappa shape index (κ2) is 8.79. The van der Waals surface area contributed by atoms with E-state index < -0.39 is 12.0 Å². The van der Waals surface area contributed by atoms with Gasteiger partial charge in [-0.3, -0.25) is 4.79 Å². The van der Waals surface area contributed by atoms with E-state index in [0.717, 1.165) is 39.6 Å². The maximum Gasteiger partial charge on any atom is 0.451 e. The summed E-state index contributed by atoms with van der Waals surface area (Å²) in [6, 6.07) is 8.83. The largest absolute Gasteiger partial charge is 0.451 e. The number of carbonyl (C=O) groups is 1. The van der Waals surface area contributed by atoms with Gasteiger partial charge in [-0.25, -0.2) is 0 Å². The number of carbonyl (C=O) groups excluding carboxylic acids is 1. The zero-order valence-corrected chi connectivity index (χ0v) is 19.0. The van der Waals surface area contributed by atoms with Gasteiger partial charge in [0.25, 0.3) is 0 Å². The Hall–Kier alpha value is -3.34. The standard InChI is InChI=1S/C23H20F3N5O2S/c1-2-3-16-11-17-19(14-8-9-31-18(10-14)29-30-21(31)23(24,25)26)27-22(28-20(17)34-16)33-15-6-4-13(12-32)5-7-15/h4-7,11-12,14H,2-3,8-10H2,1H3. The third-order valence-corrected chi connectivity index (χ3v) is 6.86. The lowest BCUT2D eigenvalue weighted by Gasteiger charge is -2.24. The number of aldehydes is 1. The highest BCUT2D eigenvalue weighted by Crippen LogP contribution is 2.38. The highest BCUT2D eigenvalue weighted by atomic mass is 32.1. The van der Waals surface area contributed by atoms with Gasteiger partial charge in [0.1, 0.15) is 22.7 Å². The van der Waals surface area contributed by atoms with Crippen molar-refractivity contribution in [3.8, 4) is 11.8 Å².